The molecule has 1 aromatic rings. The van der Waals surface area contributed by atoms with Crippen molar-refractivity contribution in [3.8, 4) is 5.75 Å². The summed E-state index contributed by atoms with van der Waals surface area (Å²) in [4.78, 5) is 10.9. The highest BCUT2D eigenvalue weighted by atomic mass is 19.1. The zero-order valence-corrected chi connectivity index (χ0v) is 9.37. The topological polar surface area (TPSA) is 46.5 Å². The fraction of sp³-hybridized carbons (Fsp3) is 0.417. The Hall–Kier alpha value is -1.58. The Balaban J connectivity index is 3.00. The highest BCUT2D eigenvalue weighted by molar-refractivity contribution is 5.90. The number of hydrogen-bond donors (Lipinski definition) is 1. The van der Waals surface area contributed by atoms with E-state index in [2.05, 4.69) is 0 Å². The lowest BCUT2D eigenvalue weighted by Gasteiger charge is -2.17. The van der Waals surface area contributed by atoms with Crippen molar-refractivity contribution in [1.82, 2.24) is 0 Å². The van der Waals surface area contributed by atoms with E-state index in [1.807, 2.05) is 13.8 Å². The third kappa shape index (κ3) is 2.95. The highest BCUT2D eigenvalue weighted by Crippen LogP contribution is 2.22. The van der Waals surface area contributed by atoms with Gasteiger partial charge in [-0.15, -0.1) is 0 Å². The Morgan fingerprint density at radius 2 is 2.06 bits per heavy atom. The lowest BCUT2D eigenvalue weighted by Crippen LogP contribution is -2.16. The molecule has 1 N–H and O–H groups in total. The summed E-state index contributed by atoms with van der Waals surface area (Å²) in [5.74, 6) is -1.51. The van der Waals surface area contributed by atoms with E-state index in [-0.39, 0.29) is 17.4 Å². The molecule has 4 heteroatoms. The van der Waals surface area contributed by atoms with Crippen LogP contribution >= 0.6 is 0 Å². The van der Waals surface area contributed by atoms with Gasteiger partial charge in [-0.05, 0) is 25.0 Å². The zero-order chi connectivity index (χ0) is 12.1. The SMILES string of the molecule is CCC(CC)Oc1cc(F)ccc1C(=O)O. The molecule has 0 unspecified atom stereocenters. The van der Waals surface area contributed by atoms with Crippen LogP contribution in [0.1, 0.15) is 37.0 Å². The molecule has 0 aliphatic rings. The number of aromatic carboxylic acids is 1. The van der Waals surface area contributed by atoms with Gasteiger partial charge in [-0.25, -0.2) is 9.18 Å². The smallest absolute Gasteiger partial charge is 0.339 e. The molecule has 0 aliphatic heterocycles. The molecule has 0 bridgehead atoms. The van der Waals surface area contributed by atoms with Crippen LogP contribution in [-0.4, -0.2) is 17.2 Å². The van der Waals surface area contributed by atoms with Crippen molar-refractivity contribution < 1.29 is 19.0 Å². The molecule has 0 saturated heterocycles. The molecule has 16 heavy (non-hydrogen) atoms. The van der Waals surface area contributed by atoms with Gasteiger partial charge in [-0.3, -0.25) is 0 Å². The lowest BCUT2D eigenvalue weighted by molar-refractivity contribution is 0.0688. The van der Waals surface area contributed by atoms with Crippen molar-refractivity contribution in [2.45, 2.75) is 32.8 Å². The number of halogens is 1. The van der Waals surface area contributed by atoms with Gasteiger partial charge in [0.25, 0.3) is 0 Å². The van der Waals surface area contributed by atoms with Gasteiger partial charge in [0, 0.05) is 6.07 Å². The van der Waals surface area contributed by atoms with Gasteiger partial charge in [-0.1, -0.05) is 13.8 Å². The maximum atomic E-state index is 13.0. The summed E-state index contributed by atoms with van der Waals surface area (Å²) in [6.07, 6.45) is 1.43. The molecular formula is C12H15FO3. The van der Waals surface area contributed by atoms with Crippen LogP contribution in [0.4, 0.5) is 4.39 Å². The molecular weight excluding hydrogens is 211 g/mol. The summed E-state index contributed by atoms with van der Waals surface area (Å²) in [5.41, 5.74) is -0.00620. The standard InChI is InChI=1S/C12H15FO3/c1-3-9(4-2)16-11-7-8(13)5-6-10(11)12(14)15/h5-7,9H,3-4H2,1-2H3,(H,14,15). The summed E-state index contributed by atoms with van der Waals surface area (Å²) < 4.78 is 18.5. The maximum Gasteiger partial charge on any atom is 0.339 e. The van der Waals surface area contributed by atoms with Gasteiger partial charge < -0.3 is 9.84 Å². The largest absolute Gasteiger partial charge is 0.489 e. The van der Waals surface area contributed by atoms with E-state index in [9.17, 15) is 9.18 Å². The van der Waals surface area contributed by atoms with Gasteiger partial charge in [0.1, 0.15) is 17.1 Å². The second-order valence-corrected chi connectivity index (χ2v) is 3.50. The second kappa shape index (κ2) is 5.49. The van der Waals surface area contributed by atoms with Crippen LogP contribution in [0.3, 0.4) is 0 Å². The van der Waals surface area contributed by atoms with Crippen molar-refractivity contribution in [1.29, 1.82) is 0 Å². The van der Waals surface area contributed by atoms with E-state index < -0.39 is 11.8 Å². The second-order valence-electron chi connectivity index (χ2n) is 3.50. The van der Waals surface area contributed by atoms with Crippen LogP contribution < -0.4 is 4.74 Å². The first-order chi connectivity index (χ1) is 7.58. The molecule has 3 nitrogen and oxygen atoms in total. The Bertz CT molecular complexity index is 373. The molecule has 1 aromatic carbocycles. The fourth-order valence-electron chi connectivity index (χ4n) is 1.41. The van der Waals surface area contributed by atoms with E-state index in [0.29, 0.717) is 0 Å². The van der Waals surface area contributed by atoms with Crippen LogP contribution in [0, 0.1) is 5.82 Å². The van der Waals surface area contributed by atoms with Gasteiger partial charge in [-0.2, -0.15) is 0 Å². The summed E-state index contributed by atoms with van der Waals surface area (Å²) in [6, 6.07) is 3.44. The van der Waals surface area contributed by atoms with Crippen molar-refractivity contribution in [3.63, 3.8) is 0 Å². The molecule has 1 rings (SSSR count). The summed E-state index contributed by atoms with van der Waals surface area (Å²) in [6.45, 7) is 3.88. The fourth-order valence-corrected chi connectivity index (χ4v) is 1.41. The number of carboxylic acid groups (broad SMARTS) is 1. The van der Waals surface area contributed by atoms with Crippen molar-refractivity contribution in [2.75, 3.05) is 0 Å². The number of rotatable bonds is 5. The molecule has 0 saturated carbocycles. The molecule has 0 amide bonds. The monoisotopic (exact) mass is 226 g/mol. The first-order valence-electron chi connectivity index (χ1n) is 5.28. The minimum Gasteiger partial charge on any atom is -0.489 e. The maximum absolute atomic E-state index is 13.0. The summed E-state index contributed by atoms with van der Waals surface area (Å²) in [5, 5.41) is 8.91. The summed E-state index contributed by atoms with van der Waals surface area (Å²) in [7, 11) is 0. The van der Waals surface area contributed by atoms with Gasteiger partial charge >= 0.3 is 5.97 Å². The lowest BCUT2D eigenvalue weighted by atomic mass is 10.1. The average molecular weight is 226 g/mol. The Morgan fingerprint density at radius 3 is 2.56 bits per heavy atom. The predicted octanol–water partition coefficient (Wildman–Crippen LogP) is 3.09. The molecule has 0 aliphatic carbocycles. The van der Waals surface area contributed by atoms with E-state index in [1.165, 1.54) is 6.07 Å². The molecule has 0 radical (unpaired) electrons. The third-order valence-electron chi connectivity index (χ3n) is 2.38. The van der Waals surface area contributed by atoms with Crippen molar-refractivity contribution in [3.05, 3.63) is 29.6 Å². The van der Waals surface area contributed by atoms with Crippen molar-refractivity contribution in [2.24, 2.45) is 0 Å². The number of carbonyl (C=O) groups is 1. The van der Waals surface area contributed by atoms with Gasteiger partial charge in [0.05, 0.1) is 6.10 Å². The summed E-state index contributed by atoms with van der Waals surface area (Å²) >= 11 is 0. The quantitative estimate of drug-likeness (QED) is 0.839. The van der Waals surface area contributed by atoms with Crippen molar-refractivity contribution >= 4 is 5.97 Å². The Labute approximate surface area is 93.9 Å². The minimum atomic E-state index is -1.11. The van der Waals surface area contributed by atoms with Crippen LogP contribution in [0.2, 0.25) is 0 Å². The van der Waals surface area contributed by atoms with Crippen LogP contribution in [0.15, 0.2) is 18.2 Å². The normalized spacial score (nSPS) is 10.5. The first-order valence-corrected chi connectivity index (χ1v) is 5.28. The number of benzene rings is 1. The first kappa shape index (κ1) is 12.5. The molecule has 0 heterocycles. The minimum absolute atomic E-state index is 0.00620. The highest BCUT2D eigenvalue weighted by Gasteiger charge is 2.15. The average Bonchev–Trinajstić information content (AvgIpc) is 2.25. The number of carboxylic acids is 1. The molecule has 0 fully saturated rings. The van der Waals surface area contributed by atoms with Crippen LogP contribution in [-0.2, 0) is 0 Å². The van der Waals surface area contributed by atoms with E-state index in [0.717, 1.165) is 25.0 Å². The molecule has 0 aromatic heterocycles. The Kier molecular flexibility index (Phi) is 4.28. The zero-order valence-electron chi connectivity index (χ0n) is 9.37. The molecule has 88 valence electrons. The van der Waals surface area contributed by atoms with Crippen LogP contribution in [0.25, 0.3) is 0 Å². The van der Waals surface area contributed by atoms with E-state index in [4.69, 9.17) is 9.84 Å². The molecule has 0 spiro atoms. The third-order valence-corrected chi connectivity index (χ3v) is 2.38. The van der Waals surface area contributed by atoms with Gasteiger partial charge in [0.2, 0.25) is 0 Å². The van der Waals surface area contributed by atoms with E-state index >= 15 is 0 Å². The number of ether oxygens (including phenoxy) is 1. The van der Waals surface area contributed by atoms with Crippen LogP contribution in [0.5, 0.6) is 5.75 Å². The Morgan fingerprint density at radius 1 is 1.44 bits per heavy atom. The molecule has 0 atom stereocenters. The predicted molar refractivity (Wildman–Crippen MR) is 58.4 cm³/mol. The number of hydrogen-bond acceptors (Lipinski definition) is 2. The van der Waals surface area contributed by atoms with E-state index in [1.54, 1.807) is 0 Å². The van der Waals surface area contributed by atoms with Gasteiger partial charge in [0.15, 0.2) is 0 Å².